The van der Waals surface area contributed by atoms with Crippen molar-refractivity contribution in [2.24, 2.45) is 0 Å². The molecule has 0 amide bonds. The SMILES string of the molecule is C[C@@H]1CC(C)(C)Oc2cc(O)c3c(=O)c(O)c(-c4ccc(O)c(O)c4)oc3c21. The van der Waals surface area contributed by atoms with E-state index in [-0.39, 0.29) is 39.7 Å². The summed E-state index contributed by atoms with van der Waals surface area (Å²) in [5.41, 5.74) is -0.276. The van der Waals surface area contributed by atoms with Crippen LogP contribution < -0.4 is 10.2 Å². The minimum Gasteiger partial charge on any atom is -0.507 e. The van der Waals surface area contributed by atoms with E-state index in [1.54, 1.807) is 0 Å². The lowest BCUT2D eigenvalue weighted by molar-refractivity contribution is 0.0746. The molecular formula is C21H20O7. The normalized spacial score (nSPS) is 17.9. The van der Waals surface area contributed by atoms with Crippen LogP contribution in [0.5, 0.6) is 28.7 Å². The molecule has 0 fully saturated rings. The van der Waals surface area contributed by atoms with Gasteiger partial charge in [-0.25, -0.2) is 0 Å². The van der Waals surface area contributed by atoms with Crippen molar-refractivity contribution in [1.29, 1.82) is 0 Å². The second-order valence-corrected chi connectivity index (χ2v) is 7.79. The second kappa shape index (κ2) is 5.82. The lowest BCUT2D eigenvalue weighted by Crippen LogP contribution is -2.34. The summed E-state index contributed by atoms with van der Waals surface area (Å²) in [7, 11) is 0. The van der Waals surface area contributed by atoms with Crippen LogP contribution in [0.4, 0.5) is 0 Å². The first kappa shape index (κ1) is 18.0. The van der Waals surface area contributed by atoms with Gasteiger partial charge in [0.25, 0.3) is 0 Å². The number of rotatable bonds is 1. The minimum atomic E-state index is -0.791. The minimum absolute atomic E-state index is 0.0318. The van der Waals surface area contributed by atoms with E-state index in [1.807, 2.05) is 20.8 Å². The fraction of sp³-hybridized carbons (Fsp3) is 0.286. The number of hydrogen-bond acceptors (Lipinski definition) is 7. The van der Waals surface area contributed by atoms with Crippen molar-refractivity contribution in [3.63, 3.8) is 0 Å². The maximum absolute atomic E-state index is 12.8. The van der Waals surface area contributed by atoms with Crippen LogP contribution in [0.25, 0.3) is 22.3 Å². The van der Waals surface area contributed by atoms with Gasteiger partial charge in [0.2, 0.25) is 11.2 Å². The Balaban J connectivity index is 2.08. The molecular weight excluding hydrogens is 364 g/mol. The Hall–Kier alpha value is -3.35. The Labute approximate surface area is 160 Å². The van der Waals surface area contributed by atoms with Crippen LogP contribution in [0.15, 0.2) is 33.5 Å². The maximum Gasteiger partial charge on any atom is 0.238 e. The van der Waals surface area contributed by atoms with Crippen molar-refractivity contribution < 1.29 is 29.6 Å². The van der Waals surface area contributed by atoms with Crippen LogP contribution in [-0.2, 0) is 0 Å². The van der Waals surface area contributed by atoms with Crippen molar-refractivity contribution in [2.75, 3.05) is 0 Å². The van der Waals surface area contributed by atoms with E-state index in [0.717, 1.165) is 0 Å². The molecule has 0 bridgehead atoms. The molecule has 146 valence electrons. The van der Waals surface area contributed by atoms with Gasteiger partial charge in [0.05, 0.1) is 0 Å². The largest absolute Gasteiger partial charge is 0.507 e. The van der Waals surface area contributed by atoms with Gasteiger partial charge in [0.1, 0.15) is 28.1 Å². The Bertz CT molecular complexity index is 1170. The lowest BCUT2D eigenvalue weighted by Gasteiger charge is -2.36. The molecule has 0 spiro atoms. The molecule has 4 rings (SSSR count). The highest BCUT2D eigenvalue weighted by Gasteiger charge is 2.35. The molecule has 2 aromatic carbocycles. The van der Waals surface area contributed by atoms with Gasteiger partial charge >= 0.3 is 0 Å². The summed E-state index contributed by atoms with van der Waals surface area (Å²) in [5.74, 6) is -1.59. The standard InChI is InChI=1S/C21H20O7/c1-9-8-21(2,3)28-14-7-13(24)16-17(25)18(26)19(27-20(16)15(9)14)10-4-5-11(22)12(23)6-10/h4-7,9,22-24,26H,8H2,1-3H3/t9-/m1/s1. The Morgan fingerprint density at radius 1 is 1.04 bits per heavy atom. The van der Waals surface area contributed by atoms with Crippen LogP contribution in [0, 0.1) is 0 Å². The average molecular weight is 384 g/mol. The van der Waals surface area contributed by atoms with Crippen LogP contribution in [0.3, 0.4) is 0 Å². The van der Waals surface area contributed by atoms with Crippen molar-refractivity contribution in [3.8, 4) is 40.1 Å². The van der Waals surface area contributed by atoms with Gasteiger partial charge in [-0.1, -0.05) is 6.92 Å². The highest BCUT2D eigenvalue weighted by Crippen LogP contribution is 2.48. The van der Waals surface area contributed by atoms with E-state index in [4.69, 9.17) is 9.15 Å². The number of ether oxygens (including phenoxy) is 1. The first-order valence-corrected chi connectivity index (χ1v) is 8.86. The molecule has 1 aromatic heterocycles. The zero-order valence-electron chi connectivity index (χ0n) is 15.6. The molecule has 3 aromatic rings. The van der Waals surface area contributed by atoms with E-state index in [1.165, 1.54) is 24.3 Å². The van der Waals surface area contributed by atoms with Crippen LogP contribution >= 0.6 is 0 Å². The molecule has 2 heterocycles. The number of aromatic hydroxyl groups is 4. The number of phenolic OH excluding ortho intramolecular Hbond substituents is 3. The van der Waals surface area contributed by atoms with E-state index < -0.39 is 22.5 Å². The number of benzene rings is 2. The lowest BCUT2D eigenvalue weighted by atomic mass is 9.84. The van der Waals surface area contributed by atoms with Crippen LogP contribution in [-0.4, -0.2) is 26.0 Å². The Morgan fingerprint density at radius 2 is 1.75 bits per heavy atom. The van der Waals surface area contributed by atoms with Crippen molar-refractivity contribution >= 4 is 11.0 Å². The average Bonchev–Trinajstić information content (AvgIpc) is 2.58. The first-order valence-electron chi connectivity index (χ1n) is 8.86. The summed E-state index contributed by atoms with van der Waals surface area (Å²) in [6.07, 6.45) is 0.666. The molecule has 0 radical (unpaired) electrons. The third-order valence-corrected chi connectivity index (χ3v) is 5.04. The molecule has 1 aliphatic heterocycles. The zero-order valence-corrected chi connectivity index (χ0v) is 15.6. The molecule has 28 heavy (non-hydrogen) atoms. The summed E-state index contributed by atoms with van der Waals surface area (Å²) in [5, 5.41) is 39.9. The third kappa shape index (κ3) is 2.62. The third-order valence-electron chi connectivity index (χ3n) is 5.04. The van der Waals surface area contributed by atoms with Gasteiger partial charge in [0, 0.05) is 17.2 Å². The molecule has 0 saturated carbocycles. The number of hydrogen-bond donors (Lipinski definition) is 4. The predicted molar refractivity (Wildman–Crippen MR) is 102 cm³/mol. The van der Waals surface area contributed by atoms with E-state index in [2.05, 4.69) is 0 Å². The number of fused-ring (bicyclic) bond motifs is 3. The highest BCUT2D eigenvalue weighted by molar-refractivity contribution is 5.91. The second-order valence-electron chi connectivity index (χ2n) is 7.79. The molecule has 0 aliphatic carbocycles. The zero-order chi connectivity index (χ0) is 20.4. The molecule has 0 saturated heterocycles. The van der Waals surface area contributed by atoms with Crippen molar-refractivity contribution in [2.45, 2.75) is 38.7 Å². The molecule has 1 aliphatic rings. The van der Waals surface area contributed by atoms with Gasteiger partial charge in [-0.3, -0.25) is 4.79 Å². The molecule has 4 N–H and O–H groups in total. The highest BCUT2D eigenvalue weighted by atomic mass is 16.5. The fourth-order valence-electron chi connectivity index (χ4n) is 3.92. The summed E-state index contributed by atoms with van der Waals surface area (Å²) >= 11 is 0. The smallest absolute Gasteiger partial charge is 0.238 e. The van der Waals surface area contributed by atoms with E-state index in [9.17, 15) is 25.2 Å². The van der Waals surface area contributed by atoms with Gasteiger partial charge in [-0.15, -0.1) is 0 Å². The Kier molecular flexibility index (Phi) is 3.75. The first-order chi connectivity index (χ1) is 13.1. The summed E-state index contributed by atoms with van der Waals surface area (Å²) in [6, 6.07) is 5.17. The predicted octanol–water partition coefficient (Wildman–Crippen LogP) is 3.95. The number of phenols is 3. The molecule has 1 atom stereocenters. The van der Waals surface area contributed by atoms with Crippen LogP contribution in [0.1, 0.15) is 38.7 Å². The molecule has 7 heteroatoms. The maximum atomic E-state index is 12.8. The topological polar surface area (TPSA) is 120 Å². The van der Waals surface area contributed by atoms with Crippen LogP contribution in [0.2, 0.25) is 0 Å². The fourth-order valence-corrected chi connectivity index (χ4v) is 3.92. The van der Waals surface area contributed by atoms with Gasteiger partial charge < -0.3 is 29.6 Å². The molecule has 7 nitrogen and oxygen atoms in total. The van der Waals surface area contributed by atoms with Crippen molar-refractivity contribution in [3.05, 3.63) is 40.1 Å². The van der Waals surface area contributed by atoms with Gasteiger partial charge in [0.15, 0.2) is 17.3 Å². The summed E-state index contributed by atoms with van der Waals surface area (Å²) < 4.78 is 11.9. The van der Waals surface area contributed by atoms with Gasteiger partial charge in [-0.2, -0.15) is 0 Å². The Morgan fingerprint density at radius 3 is 2.43 bits per heavy atom. The summed E-state index contributed by atoms with van der Waals surface area (Å²) in [6.45, 7) is 5.84. The van der Waals surface area contributed by atoms with Gasteiger partial charge in [-0.05, 0) is 44.4 Å². The van der Waals surface area contributed by atoms with E-state index >= 15 is 0 Å². The molecule has 0 unspecified atom stereocenters. The van der Waals surface area contributed by atoms with Crippen molar-refractivity contribution in [1.82, 2.24) is 0 Å². The van der Waals surface area contributed by atoms with E-state index in [0.29, 0.717) is 17.7 Å². The monoisotopic (exact) mass is 384 g/mol. The quantitative estimate of drug-likeness (QED) is 0.469. The summed E-state index contributed by atoms with van der Waals surface area (Å²) in [4.78, 5) is 12.8.